The largest absolute Gasteiger partial charge is 0.480 e. The average molecular weight is 1660 g/mol. The summed E-state index contributed by atoms with van der Waals surface area (Å²) < 4.78 is 24.8. The van der Waals surface area contributed by atoms with Crippen LogP contribution in [0.4, 0.5) is 0 Å². The van der Waals surface area contributed by atoms with Gasteiger partial charge in [0.2, 0.25) is 11.6 Å². The van der Waals surface area contributed by atoms with Gasteiger partial charge in [0.25, 0.3) is 12.9 Å². The molecule has 117 heavy (non-hydrogen) atoms. The molecule has 0 heterocycles. The van der Waals surface area contributed by atoms with E-state index in [-0.39, 0.29) is 84.2 Å². The van der Waals surface area contributed by atoms with Gasteiger partial charge in [-0.05, 0) is 144 Å². The summed E-state index contributed by atoms with van der Waals surface area (Å²) in [5, 5.41) is 108. The van der Waals surface area contributed by atoms with Gasteiger partial charge < -0.3 is 109 Å². The number of methoxy groups -OCH3 is 3. The van der Waals surface area contributed by atoms with Crippen LogP contribution in [0.2, 0.25) is 0 Å². The van der Waals surface area contributed by atoms with Gasteiger partial charge in [-0.2, -0.15) is 10.5 Å². The zero-order valence-electron chi connectivity index (χ0n) is 71.7. The number of aliphatic carboxylic acids is 4. The van der Waals surface area contributed by atoms with E-state index in [1.807, 2.05) is 120 Å². The zero-order valence-corrected chi connectivity index (χ0v) is 71.7. The van der Waals surface area contributed by atoms with E-state index in [0.717, 1.165) is 102 Å². The lowest BCUT2D eigenvalue weighted by atomic mass is 9.79. The molecule has 0 aliphatic heterocycles. The molecule has 12 atom stereocenters. The van der Waals surface area contributed by atoms with Crippen molar-refractivity contribution in [2.75, 3.05) is 41.2 Å². The van der Waals surface area contributed by atoms with Crippen molar-refractivity contribution in [3.63, 3.8) is 0 Å². The normalized spacial score (nSPS) is 17.4. The van der Waals surface area contributed by atoms with E-state index in [2.05, 4.69) is 25.6 Å². The third kappa shape index (κ3) is 52.8. The van der Waals surface area contributed by atoms with Crippen molar-refractivity contribution in [1.82, 2.24) is 0 Å². The van der Waals surface area contributed by atoms with Gasteiger partial charge in [-0.15, -0.1) is 0 Å². The van der Waals surface area contributed by atoms with Gasteiger partial charge in [0.1, 0.15) is 24.2 Å². The molecule has 3 aliphatic carbocycles. The van der Waals surface area contributed by atoms with Crippen molar-refractivity contribution in [3.05, 3.63) is 119 Å². The molecule has 0 saturated heterocycles. The lowest BCUT2D eigenvalue weighted by Gasteiger charge is -2.36. The van der Waals surface area contributed by atoms with E-state index in [9.17, 15) is 44.1 Å². The molecule has 0 bridgehead atoms. The van der Waals surface area contributed by atoms with Crippen molar-refractivity contribution >= 4 is 36.8 Å². The van der Waals surface area contributed by atoms with Crippen LogP contribution in [0.1, 0.15) is 252 Å². The molecule has 30 heteroatoms. The Morgan fingerprint density at radius 3 is 0.906 bits per heavy atom. The number of hydrogen-bond donors (Lipinski definition) is 16. The number of nitriles is 2. The Morgan fingerprint density at radius 1 is 0.427 bits per heavy atom. The summed E-state index contributed by atoms with van der Waals surface area (Å²) in [6.45, 7) is 26.0. The Kier molecular flexibility index (Phi) is 61.5. The van der Waals surface area contributed by atoms with Crippen molar-refractivity contribution in [1.29, 1.82) is 10.5 Å². The standard InChI is InChI=1S/C14H17NO.2C14H18O3.C8H16N2O2.2C8H17NO4.C7H14N2.2C7H15NO2/c1-15-14(16,12-8-4-2-5-9-12)13-10-6-3-7-11-13;2*15-11-17-14(16,12-7-3-1-4-8-12)13-9-5-2-6-10-13;1-12-8(6-11)4-2-3-7(10)5-9;2*1-13-6(5-10)3-2-4-7(9)8(11)12;1-7(2,3)4-6(9)5-8;2*1-7(2,3)4-5(8)6(9)10/h2,4-5,8-9,13,16H,3,6-7,10-11H2;2*1,3-4,7-8,11,13,16H,2,5-6,9-10H2;7-8,11H,2-4,6,10H2,1H3;2*6-7,10H,2-5,9H2,1H3,(H,11,12);6H,4,9H2,1-3H3;2*5H,4,8H2,1-3H3,(H,9,10)/t;2*14-;;2*6?,7-;;2*5-/m.10.10.10/s1. The molecule has 6 unspecified atom stereocenters. The summed E-state index contributed by atoms with van der Waals surface area (Å²) in [7, 11) is 4.58. The minimum atomic E-state index is -1.45. The van der Waals surface area contributed by atoms with E-state index < -0.39 is 65.3 Å². The quantitative estimate of drug-likeness (QED) is 0.0148. The highest BCUT2D eigenvalue weighted by atomic mass is 16.7. The molecule has 0 aromatic heterocycles. The van der Waals surface area contributed by atoms with E-state index in [0.29, 0.717) is 81.9 Å². The molecular formula is C87H147N9O21. The van der Waals surface area contributed by atoms with Gasteiger partial charge in [0.15, 0.2) is 0 Å². The van der Waals surface area contributed by atoms with Crippen LogP contribution in [0.5, 0.6) is 0 Å². The highest BCUT2D eigenvalue weighted by Gasteiger charge is 2.46. The Morgan fingerprint density at radius 2 is 0.692 bits per heavy atom. The van der Waals surface area contributed by atoms with Gasteiger partial charge in [0.05, 0.1) is 73.8 Å². The molecule has 3 aromatic carbocycles. The van der Waals surface area contributed by atoms with Crippen LogP contribution in [-0.4, -0.2) is 184 Å². The number of benzene rings is 3. The minimum Gasteiger partial charge on any atom is -0.480 e. The van der Waals surface area contributed by atoms with Crippen LogP contribution in [0.25, 0.3) is 4.85 Å². The Labute approximate surface area is 696 Å². The van der Waals surface area contributed by atoms with Crippen molar-refractivity contribution < 1.29 is 104 Å². The lowest BCUT2D eigenvalue weighted by molar-refractivity contribution is -0.234. The maximum Gasteiger partial charge on any atom is 0.364 e. The highest BCUT2D eigenvalue weighted by Crippen LogP contribution is 2.43. The Balaban J connectivity index is -0.00000126. The van der Waals surface area contributed by atoms with Gasteiger partial charge in [0, 0.05) is 44.3 Å². The monoisotopic (exact) mass is 1650 g/mol. The predicted octanol–water partition coefficient (Wildman–Crippen LogP) is 10.6. The van der Waals surface area contributed by atoms with Crippen molar-refractivity contribution in [3.8, 4) is 12.1 Å². The summed E-state index contributed by atoms with van der Waals surface area (Å²) in [5.74, 6) is -6.62. The molecule has 666 valence electrons. The van der Waals surface area contributed by atoms with Crippen LogP contribution in [-0.2, 0) is 69.8 Å². The minimum absolute atomic E-state index is 0.00218. The number of ether oxygens (including phenoxy) is 5. The number of carboxylic acid groups (broad SMARTS) is 4. The van der Waals surface area contributed by atoms with Gasteiger partial charge >= 0.3 is 29.6 Å². The highest BCUT2D eigenvalue weighted by molar-refractivity contribution is 5.74. The van der Waals surface area contributed by atoms with Gasteiger partial charge in [-0.25, -0.2) is 6.57 Å². The first kappa shape index (κ1) is 114. The summed E-state index contributed by atoms with van der Waals surface area (Å²) in [6.07, 6.45) is 22.7. The summed E-state index contributed by atoms with van der Waals surface area (Å²) in [4.78, 5) is 65.9. The predicted molar refractivity (Wildman–Crippen MR) is 449 cm³/mol. The number of carbonyl (C=O) groups is 6. The number of carboxylic acids is 4. The molecule has 3 aliphatic rings. The molecule has 3 aromatic rings. The fourth-order valence-corrected chi connectivity index (χ4v) is 12.9. The smallest absolute Gasteiger partial charge is 0.364 e. The van der Waals surface area contributed by atoms with Crippen molar-refractivity contribution in [2.45, 2.75) is 308 Å². The second-order valence-electron chi connectivity index (χ2n) is 33.2. The first-order valence-electron chi connectivity index (χ1n) is 40.5. The van der Waals surface area contributed by atoms with Crippen molar-refractivity contribution in [2.24, 2.45) is 68.4 Å². The number of carbonyl (C=O) groups excluding carboxylic acids is 2. The first-order valence-corrected chi connectivity index (χ1v) is 40.5. The van der Waals surface area contributed by atoms with Gasteiger partial charge in [-0.1, -0.05) is 199 Å². The topological polar surface area (TPSA) is 559 Å². The molecule has 0 spiro atoms. The summed E-state index contributed by atoms with van der Waals surface area (Å²) in [6, 6.07) is 27.9. The number of hydrogen-bond acceptors (Lipinski definition) is 25. The molecule has 6 rings (SSSR count). The number of rotatable bonds is 35. The maximum atomic E-state index is 10.7. The fourth-order valence-electron chi connectivity index (χ4n) is 12.9. The second kappa shape index (κ2) is 63.4. The van der Waals surface area contributed by atoms with Crippen LogP contribution >= 0.6 is 0 Å². The first-order chi connectivity index (χ1) is 54.9. The maximum absolute atomic E-state index is 10.7. The summed E-state index contributed by atoms with van der Waals surface area (Å²) in [5.41, 5.74) is 32.9. The Bertz CT molecular complexity index is 3050. The van der Waals surface area contributed by atoms with Crippen LogP contribution in [0.3, 0.4) is 0 Å². The number of nitrogens with zero attached hydrogens (tertiary/aromatic N) is 3. The molecule has 0 radical (unpaired) electrons. The fraction of sp³-hybridized carbons (Fsp3) is 0.690. The molecule has 3 saturated carbocycles. The van der Waals surface area contributed by atoms with E-state index >= 15 is 0 Å². The number of aliphatic hydroxyl groups excluding tert-OH is 3. The molecule has 3 fully saturated rings. The molecule has 22 N–H and O–H groups in total. The molecule has 0 amide bonds. The number of nitrogens with two attached hydrogens (primary N) is 6. The molecule has 30 nitrogen and oxygen atoms in total. The van der Waals surface area contributed by atoms with Crippen LogP contribution in [0, 0.1) is 63.2 Å². The lowest BCUT2D eigenvalue weighted by Crippen LogP contribution is -2.39. The number of aliphatic hydroxyl groups is 6. The summed E-state index contributed by atoms with van der Waals surface area (Å²) >= 11 is 0. The zero-order chi connectivity index (χ0) is 89.9. The average Bonchev–Trinajstić information content (AvgIpc) is 0.813. The third-order valence-electron chi connectivity index (χ3n) is 19.5. The third-order valence-corrected chi connectivity index (χ3v) is 19.5. The SMILES string of the molecule is CC(C)(C)CC(N)C#N.CC(C)(C)C[C@@H](N)C(=O)O.CC(C)(C)C[C@H](N)C(=O)O.COC(CO)CCCC(N)C#N.COC(CO)CCC[C@@H](N)C(=O)O.COC(CO)CCC[C@H](N)C(=O)O.O=CO[C@@](O)(c1ccccc1)C1CCCCC1.O=CO[C@](O)(c1ccccc1)C1CCCCC1.[C-]#[N+]C(O)(c1ccccc1)C1CCCCC1. The van der Waals surface area contributed by atoms with Gasteiger partial charge in [-0.3, -0.25) is 33.6 Å². The molecular weight excluding hydrogens is 1510 g/mol. The Hall–Kier alpha value is -7.65. The second-order valence-corrected chi connectivity index (χ2v) is 33.2. The van der Waals surface area contributed by atoms with Crippen LogP contribution < -0.4 is 34.4 Å². The van der Waals surface area contributed by atoms with Crippen LogP contribution in [0.15, 0.2) is 91.0 Å². The van der Waals surface area contributed by atoms with E-state index in [1.165, 1.54) is 33.5 Å². The van der Waals surface area contributed by atoms with E-state index in [4.69, 9.17) is 111 Å². The van der Waals surface area contributed by atoms with E-state index in [1.54, 1.807) is 31.4 Å².